The summed E-state index contributed by atoms with van der Waals surface area (Å²) in [5.74, 6) is 0.0967. The highest BCUT2D eigenvalue weighted by atomic mass is 16.5. The van der Waals surface area contributed by atoms with Crippen molar-refractivity contribution in [2.24, 2.45) is 0 Å². The van der Waals surface area contributed by atoms with Crippen LogP contribution in [0.3, 0.4) is 0 Å². The van der Waals surface area contributed by atoms with Gasteiger partial charge in [-0.3, -0.25) is 9.78 Å². The van der Waals surface area contributed by atoms with Crippen LogP contribution >= 0.6 is 0 Å². The molecule has 1 atom stereocenters. The highest BCUT2D eigenvalue weighted by Gasteiger charge is 2.34. The average molecular weight is 250 g/mol. The SMILES string of the molecule is CC1CN(C(=O)c2cncc(N)n2)CC(C)(C)O1. The molecule has 0 radical (unpaired) electrons. The molecular formula is C12H18N4O2. The molecule has 98 valence electrons. The Morgan fingerprint density at radius 1 is 1.56 bits per heavy atom. The summed E-state index contributed by atoms with van der Waals surface area (Å²) in [6, 6.07) is 0. The third-order valence-electron chi connectivity index (χ3n) is 2.73. The first kappa shape index (κ1) is 12.8. The lowest BCUT2D eigenvalue weighted by Crippen LogP contribution is -2.53. The second-order valence-electron chi connectivity index (χ2n) is 5.20. The van der Waals surface area contributed by atoms with E-state index in [1.165, 1.54) is 12.4 Å². The van der Waals surface area contributed by atoms with Crippen LogP contribution in [0.25, 0.3) is 0 Å². The molecule has 1 aliphatic rings. The van der Waals surface area contributed by atoms with Gasteiger partial charge in [0.15, 0.2) is 0 Å². The van der Waals surface area contributed by atoms with Crippen molar-refractivity contribution in [1.82, 2.24) is 14.9 Å². The van der Waals surface area contributed by atoms with E-state index < -0.39 is 0 Å². The van der Waals surface area contributed by atoms with Gasteiger partial charge in [0.05, 0.1) is 24.1 Å². The summed E-state index contributed by atoms with van der Waals surface area (Å²) >= 11 is 0. The van der Waals surface area contributed by atoms with Crippen molar-refractivity contribution in [2.75, 3.05) is 18.8 Å². The van der Waals surface area contributed by atoms with Crippen molar-refractivity contribution in [3.63, 3.8) is 0 Å². The maximum Gasteiger partial charge on any atom is 0.274 e. The first-order valence-corrected chi connectivity index (χ1v) is 5.92. The Kier molecular flexibility index (Phi) is 3.21. The molecule has 1 saturated heterocycles. The van der Waals surface area contributed by atoms with Crippen LogP contribution in [0.15, 0.2) is 12.4 Å². The van der Waals surface area contributed by atoms with E-state index in [0.29, 0.717) is 13.1 Å². The summed E-state index contributed by atoms with van der Waals surface area (Å²) in [6.45, 7) is 6.97. The lowest BCUT2D eigenvalue weighted by Gasteiger charge is -2.41. The van der Waals surface area contributed by atoms with Crippen molar-refractivity contribution in [2.45, 2.75) is 32.5 Å². The molecule has 1 unspecified atom stereocenters. The molecule has 1 aliphatic heterocycles. The third kappa shape index (κ3) is 2.76. The molecular weight excluding hydrogens is 232 g/mol. The molecule has 0 spiro atoms. The Labute approximate surface area is 106 Å². The van der Waals surface area contributed by atoms with Gasteiger partial charge in [0.2, 0.25) is 0 Å². The number of nitrogens with two attached hydrogens (primary N) is 1. The standard InChI is InChI=1S/C12H18N4O2/c1-8-6-16(7-12(2,3)18-8)11(17)9-4-14-5-10(13)15-9/h4-5,8H,6-7H2,1-3H3,(H2,13,15). The van der Waals surface area contributed by atoms with E-state index in [1.54, 1.807) is 4.90 Å². The number of carbonyl (C=O) groups is 1. The predicted octanol–water partition coefficient (Wildman–Crippen LogP) is 0.698. The molecule has 2 heterocycles. The van der Waals surface area contributed by atoms with E-state index in [1.807, 2.05) is 20.8 Å². The number of morpholine rings is 1. The van der Waals surface area contributed by atoms with Gasteiger partial charge in [-0.25, -0.2) is 4.98 Å². The van der Waals surface area contributed by atoms with Crippen LogP contribution in [-0.4, -0.2) is 45.6 Å². The van der Waals surface area contributed by atoms with E-state index >= 15 is 0 Å². The van der Waals surface area contributed by atoms with Gasteiger partial charge in [-0.1, -0.05) is 0 Å². The molecule has 18 heavy (non-hydrogen) atoms. The zero-order valence-corrected chi connectivity index (χ0v) is 10.9. The number of amides is 1. The van der Waals surface area contributed by atoms with Crippen LogP contribution < -0.4 is 5.73 Å². The van der Waals surface area contributed by atoms with Gasteiger partial charge in [0.1, 0.15) is 11.5 Å². The molecule has 6 heteroatoms. The van der Waals surface area contributed by atoms with Crippen molar-refractivity contribution >= 4 is 11.7 Å². The molecule has 6 nitrogen and oxygen atoms in total. The lowest BCUT2D eigenvalue weighted by atomic mass is 10.1. The summed E-state index contributed by atoms with van der Waals surface area (Å²) in [6.07, 6.45) is 2.86. The third-order valence-corrected chi connectivity index (χ3v) is 2.73. The fourth-order valence-electron chi connectivity index (χ4n) is 2.25. The van der Waals surface area contributed by atoms with Crippen molar-refractivity contribution in [3.05, 3.63) is 18.1 Å². The topological polar surface area (TPSA) is 81.3 Å². The Morgan fingerprint density at radius 3 is 2.89 bits per heavy atom. The minimum absolute atomic E-state index is 0.00622. The number of hydrogen-bond donors (Lipinski definition) is 1. The van der Waals surface area contributed by atoms with E-state index in [9.17, 15) is 4.79 Å². The number of anilines is 1. The fraction of sp³-hybridized carbons (Fsp3) is 0.583. The molecule has 0 saturated carbocycles. The Morgan fingerprint density at radius 2 is 2.28 bits per heavy atom. The van der Waals surface area contributed by atoms with E-state index in [2.05, 4.69) is 9.97 Å². The normalized spacial score (nSPS) is 22.8. The highest BCUT2D eigenvalue weighted by molar-refractivity contribution is 5.92. The molecule has 2 N–H and O–H groups in total. The molecule has 0 bridgehead atoms. The zero-order chi connectivity index (χ0) is 13.3. The van der Waals surface area contributed by atoms with Gasteiger partial charge >= 0.3 is 0 Å². The van der Waals surface area contributed by atoms with Crippen LogP contribution in [0.2, 0.25) is 0 Å². The second-order valence-corrected chi connectivity index (χ2v) is 5.20. The van der Waals surface area contributed by atoms with E-state index in [0.717, 1.165) is 0 Å². The number of nitrogen functional groups attached to an aromatic ring is 1. The number of carbonyl (C=O) groups excluding carboxylic acids is 1. The summed E-state index contributed by atoms with van der Waals surface area (Å²) < 4.78 is 5.76. The molecule has 1 aromatic rings. The summed E-state index contributed by atoms with van der Waals surface area (Å²) in [5.41, 5.74) is 5.47. The summed E-state index contributed by atoms with van der Waals surface area (Å²) in [4.78, 5) is 21.9. The number of hydrogen-bond acceptors (Lipinski definition) is 5. The number of rotatable bonds is 1. The molecule has 1 fully saturated rings. The van der Waals surface area contributed by atoms with E-state index in [-0.39, 0.29) is 29.1 Å². The van der Waals surface area contributed by atoms with Gasteiger partial charge in [-0.15, -0.1) is 0 Å². The smallest absolute Gasteiger partial charge is 0.274 e. The van der Waals surface area contributed by atoms with E-state index in [4.69, 9.17) is 10.5 Å². The Bertz CT molecular complexity index is 461. The quantitative estimate of drug-likeness (QED) is 0.793. The molecule has 0 aliphatic carbocycles. The maximum absolute atomic E-state index is 12.3. The predicted molar refractivity (Wildman–Crippen MR) is 67.0 cm³/mol. The minimum Gasteiger partial charge on any atom is -0.382 e. The van der Waals surface area contributed by atoms with Gasteiger partial charge < -0.3 is 15.4 Å². The molecule has 2 rings (SSSR count). The van der Waals surface area contributed by atoms with Crippen molar-refractivity contribution in [3.8, 4) is 0 Å². The summed E-state index contributed by atoms with van der Waals surface area (Å²) in [5, 5.41) is 0. The van der Waals surface area contributed by atoms with Gasteiger partial charge in [-0.05, 0) is 20.8 Å². The number of ether oxygens (including phenoxy) is 1. The van der Waals surface area contributed by atoms with Gasteiger partial charge in [0.25, 0.3) is 5.91 Å². The molecule has 0 aromatic carbocycles. The summed E-state index contributed by atoms with van der Waals surface area (Å²) in [7, 11) is 0. The van der Waals surface area contributed by atoms with Gasteiger partial charge in [0, 0.05) is 13.1 Å². The first-order valence-electron chi connectivity index (χ1n) is 5.92. The second kappa shape index (κ2) is 4.53. The van der Waals surface area contributed by atoms with Crippen molar-refractivity contribution < 1.29 is 9.53 Å². The van der Waals surface area contributed by atoms with Crippen LogP contribution in [0.1, 0.15) is 31.3 Å². The lowest BCUT2D eigenvalue weighted by molar-refractivity contribution is -0.118. The van der Waals surface area contributed by atoms with Crippen molar-refractivity contribution in [1.29, 1.82) is 0 Å². The zero-order valence-electron chi connectivity index (χ0n) is 10.9. The number of aromatic nitrogens is 2. The Hall–Kier alpha value is -1.69. The molecule has 1 aromatic heterocycles. The average Bonchev–Trinajstić information content (AvgIpc) is 2.25. The highest BCUT2D eigenvalue weighted by Crippen LogP contribution is 2.21. The molecule has 1 amide bonds. The van der Waals surface area contributed by atoms with Crippen LogP contribution in [-0.2, 0) is 4.74 Å². The van der Waals surface area contributed by atoms with Crippen LogP contribution in [0, 0.1) is 0 Å². The van der Waals surface area contributed by atoms with Crippen LogP contribution in [0.5, 0.6) is 0 Å². The number of nitrogens with zero attached hydrogens (tertiary/aromatic N) is 3. The first-order chi connectivity index (χ1) is 8.37. The largest absolute Gasteiger partial charge is 0.382 e. The monoisotopic (exact) mass is 250 g/mol. The maximum atomic E-state index is 12.3. The Balaban J connectivity index is 2.18. The van der Waals surface area contributed by atoms with Crippen LogP contribution in [0.4, 0.5) is 5.82 Å². The minimum atomic E-state index is -0.346. The fourth-order valence-corrected chi connectivity index (χ4v) is 2.25. The van der Waals surface area contributed by atoms with Gasteiger partial charge in [-0.2, -0.15) is 0 Å².